The summed E-state index contributed by atoms with van der Waals surface area (Å²) < 4.78 is 41.6. The number of benzene rings is 1. The van der Waals surface area contributed by atoms with Crippen LogP contribution in [0.4, 0.5) is 13.2 Å². The smallest absolute Gasteiger partial charge is 0.348 e. The van der Waals surface area contributed by atoms with Gasteiger partial charge in [-0.05, 0) is 25.1 Å². The van der Waals surface area contributed by atoms with Crippen LogP contribution in [0.5, 0.6) is 0 Å². The van der Waals surface area contributed by atoms with Crippen molar-refractivity contribution in [1.82, 2.24) is 20.4 Å². The van der Waals surface area contributed by atoms with Gasteiger partial charge in [0.15, 0.2) is 0 Å². The number of aromatic nitrogens is 2. The molecule has 0 saturated carbocycles. The van der Waals surface area contributed by atoms with Crippen molar-refractivity contribution >= 4 is 5.91 Å². The van der Waals surface area contributed by atoms with Crippen LogP contribution in [-0.4, -0.2) is 46.6 Å². The van der Waals surface area contributed by atoms with Crippen LogP contribution < -0.4 is 5.32 Å². The number of carbonyl (C=O) groups excluding carboxylic acids is 1. The van der Waals surface area contributed by atoms with Crippen molar-refractivity contribution in [2.24, 2.45) is 0 Å². The van der Waals surface area contributed by atoms with Crippen molar-refractivity contribution in [3.8, 4) is 11.4 Å². The van der Waals surface area contributed by atoms with E-state index < -0.39 is 12.1 Å². The van der Waals surface area contributed by atoms with E-state index in [9.17, 15) is 18.0 Å². The molecule has 0 aliphatic carbocycles. The number of halogens is 3. The largest absolute Gasteiger partial charge is 0.471 e. The van der Waals surface area contributed by atoms with Gasteiger partial charge >= 0.3 is 12.1 Å². The Balaban J connectivity index is 1.66. The Morgan fingerprint density at radius 3 is 2.64 bits per heavy atom. The molecule has 1 N–H and O–H groups in total. The molecule has 1 aliphatic heterocycles. The molecule has 1 fully saturated rings. The van der Waals surface area contributed by atoms with E-state index in [1.807, 2.05) is 0 Å². The lowest BCUT2D eigenvalue weighted by Gasteiger charge is -2.14. The van der Waals surface area contributed by atoms with Crippen molar-refractivity contribution in [3.05, 3.63) is 35.7 Å². The molecule has 0 bridgehead atoms. The lowest BCUT2D eigenvalue weighted by molar-refractivity contribution is -0.159. The van der Waals surface area contributed by atoms with Crippen molar-refractivity contribution < 1.29 is 22.5 Å². The molecule has 1 aromatic heterocycles. The van der Waals surface area contributed by atoms with Crippen LogP contribution in [0.2, 0.25) is 0 Å². The molecule has 1 saturated heterocycles. The molecule has 0 radical (unpaired) electrons. The maximum absolute atomic E-state index is 12.5. The molecular formula is C16H17F3N4O2. The van der Waals surface area contributed by atoms with Crippen molar-refractivity contribution in [3.63, 3.8) is 0 Å². The Morgan fingerprint density at radius 1 is 1.36 bits per heavy atom. The van der Waals surface area contributed by atoms with E-state index in [0.717, 1.165) is 26.1 Å². The summed E-state index contributed by atoms with van der Waals surface area (Å²) in [6, 6.07) is 6.15. The Bertz CT molecular complexity index is 743. The maximum atomic E-state index is 12.5. The number of hydrogen-bond acceptors (Lipinski definition) is 5. The number of likely N-dealkylation sites (N-methyl/N-ethyl adjacent to an activating group) is 1. The fraction of sp³-hybridized carbons (Fsp3) is 0.438. The summed E-state index contributed by atoms with van der Waals surface area (Å²) in [5, 5.41) is 6.28. The van der Waals surface area contributed by atoms with Gasteiger partial charge in [-0.25, -0.2) is 0 Å². The summed E-state index contributed by atoms with van der Waals surface area (Å²) in [6.07, 6.45) is -3.78. The normalized spacial score (nSPS) is 18.5. The Kier molecular flexibility index (Phi) is 4.76. The second kappa shape index (κ2) is 6.83. The molecular weight excluding hydrogens is 337 g/mol. The molecule has 25 heavy (non-hydrogen) atoms. The lowest BCUT2D eigenvalue weighted by atomic mass is 10.1. The van der Waals surface area contributed by atoms with E-state index >= 15 is 0 Å². The minimum atomic E-state index is -4.68. The van der Waals surface area contributed by atoms with E-state index in [2.05, 4.69) is 31.8 Å². The molecule has 3 rings (SSSR count). The Morgan fingerprint density at radius 2 is 2.08 bits per heavy atom. The number of carbonyl (C=O) groups is 1. The lowest BCUT2D eigenvalue weighted by Crippen LogP contribution is -2.37. The quantitative estimate of drug-likeness (QED) is 0.914. The molecule has 6 nitrogen and oxygen atoms in total. The van der Waals surface area contributed by atoms with Gasteiger partial charge < -0.3 is 14.7 Å². The highest BCUT2D eigenvalue weighted by Crippen LogP contribution is 2.29. The summed E-state index contributed by atoms with van der Waals surface area (Å²) >= 11 is 0. The van der Waals surface area contributed by atoms with Gasteiger partial charge in [0, 0.05) is 30.3 Å². The van der Waals surface area contributed by atoms with Gasteiger partial charge in [-0.2, -0.15) is 18.2 Å². The van der Waals surface area contributed by atoms with E-state index in [0.29, 0.717) is 11.1 Å². The monoisotopic (exact) mass is 354 g/mol. The topological polar surface area (TPSA) is 71.3 Å². The van der Waals surface area contributed by atoms with Crippen molar-refractivity contribution in [2.75, 3.05) is 19.6 Å². The molecule has 1 atom stereocenters. The third-order valence-corrected chi connectivity index (χ3v) is 4.13. The van der Waals surface area contributed by atoms with Crippen LogP contribution in [0.25, 0.3) is 11.4 Å². The van der Waals surface area contributed by atoms with Crippen LogP contribution in [0, 0.1) is 0 Å². The molecule has 1 unspecified atom stereocenters. The van der Waals surface area contributed by atoms with Crippen molar-refractivity contribution in [1.29, 1.82) is 0 Å². The second-order valence-corrected chi connectivity index (χ2v) is 5.85. The van der Waals surface area contributed by atoms with Crippen LogP contribution in [-0.2, 0) is 6.18 Å². The van der Waals surface area contributed by atoms with E-state index in [4.69, 9.17) is 0 Å². The molecule has 2 heterocycles. The van der Waals surface area contributed by atoms with Gasteiger partial charge in [0.25, 0.3) is 5.91 Å². The molecule has 2 aromatic rings. The third kappa shape index (κ3) is 3.98. The summed E-state index contributed by atoms with van der Waals surface area (Å²) in [4.78, 5) is 17.8. The van der Waals surface area contributed by atoms with Crippen LogP contribution in [0.1, 0.15) is 29.6 Å². The predicted molar refractivity (Wildman–Crippen MR) is 82.7 cm³/mol. The average Bonchev–Trinajstić information content (AvgIpc) is 3.24. The van der Waals surface area contributed by atoms with Crippen LogP contribution in [0.3, 0.4) is 0 Å². The molecule has 134 valence electrons. The van der Waals surface area contributed by atoms with E-state index in [1.165, 1.54) is 24.3 Å². The highest BCUT2D eigenvalue weighted by Gasteiger charge is 2.38. The first-order valence-corrected chi connectivity index (χ1v) is 7.91. The Hall–Kier alpha value is -2.42. The first-order chi connectivity index (χ1) is 11.9. The van der Waals surface area contributed by atoms with E-state index in [1.54, 1.807) is 0 Å². The molecule has 0 spiro atoms. The zero-order chi connectivity index (χ0) is 18.0. The zero-order valence-corrected chi connectivity index (χ0v) is 13.5. The highest BCUT2D eigenvalue weighted by atomic mass is 19.4. The highest BCUT2D eigenvalue weighted by molar-refractivity contribution is 5.94. The number of rotatable bonds is 4. The fourth-order valence-electron chi connectivity index (χ4n) is 2.73. The molecule has 1 aromatic carbocycles. The Labute approximate surface area is 142 Å². The first-order valence-electron chi connectivity index (χ1n) is 7.91. The van der Waals surface area contributed by atoms with Gasteiger partial charge in [-0.1, -0.05) is 24.2 Å². The summed E-state index contributed by atoms with van der Waals surface area (Å²) in [5.41, 5.74) is 0.770. The van der Waals surface area contributed by atoms with Gasteiger partial charge in [0.05, 0.1) is 0 Å². The molecule has 1 aliphatic rings. The summed E-state index contributed by atoms with van der Waals surface area (Å²) in [7, 11) is 0. The third-order valence-electron chi connectivity index (χ3n) is 4.13. The minimum absolute atomic E-state index is 0.110. The first kappa shape index (κ1) is 17.4. The number of amides is 1. The van der Waals surface area contributed by atoms with Crippen LogP contribution >= 0.6 is 0 Å². The van der Waals surface area contributed by atoms with Crippen molar-refractivity contribution in [2.45, 2.75) is 25.6 Å². The van der Waals surface area contributed by atoms with Gasteiger partial charge in [-0.3, -0.25) is 4.79 Å². The second-order valence-electron chi connectivity index (χ2n) is 5.85. The van der Waals surface area contributed by atoms with Gasteiger partial charge in [0.2, 0.25) is 5.82 Å². The molecule has 9 heteroatoms. The van der Waals surface area contributed by atoms with Gasteiger partial charge in [-0.15, -0.1) is 0 Å². The van der Waals surface area contributed by atoms with Gasteiger partial charge in [0.1, 0.15) is 0 Å². The maximum Gasteiger partial charge on any atom is 0.471 e. The predicted octanol–water partition coefficient (Wildman–Crippen LogP) is 2.58. The van der Waals surface area contributed by atoms with Crippen LogP contribution in [0.15, 0.2) is 28.8 Å². The number of likely N-dealkylation sites (tertiary alicyclic amines) is 1. The zero-order valence-electron chi connectivity index (χ0n) is 13.5. The standard InChI is InChI=1S/C16H17F3N4O2/c1-2-23-8-7-12(9-23)20-14(24)11-5-3-10(4-6-11)13-21-15(25-22-13)16(17,18)19/h3-6,12H,2,7-9H2,1H3,(H,20,24). The summed E-state index contributed by atoms with van der Waals surface area (Å²) in [5.74, 6) is -1.78. The number of nitrogens with one attached hydrogen (secondary N) is 1. The summed E-state index contributed by atoms with van der Waals surface area (Å²) in [6.45, 7) is 4.81. The number of hydrogen-bond donors (Lipinski definition) is 1. The minimum Gasteiger partial charge on any atom is -0.348 e. The fourth-order valence-corrected chi connectivity index (χ4v) is 2.73. The number of alkyl halides is 3. The molecule has 1 amide bonds. The average molecular weight is 354 g/mol. The van der Waals surface area contributed by atoms with E-state index in [-0.39, 0.29) is 17.8 Å². The SMILES string of the molecule is CCN1CCC(NC(=O)c2ccc(-c3noc(C(F)(F)F)n3)cc2)C1. The number of nitrogens with zero attached hydrogens (tertiary/aromatic N) is 3.